The summed E-state index contributed by atoms with van der Waals surface area (Å²) in [5.41, 5.74) is 1.67. The predicted molar refractivity (Wildman–Crippen MR) is 81.8 cm³/mol. The Kier molecular flexibility index (Phi) is 5.05. The number of halogens is 2. The van der Waals surface area contributed by atoms with E-state index >= 15 is 0 Å². The van der Waals surface area contributed by atoms with E-state index in [2.05, 4.69) is 10.3 Å². The zero-order valence-corrected chi connectivity index (χ0v) is 13.0. The van der Waals surface area contributed by atoms with Crippen molar-refractivity contribution >= 4 is 34.5 Å². The van der Waals surface area contributed by atoms with Crippen LogP contribution in [0.1, 0.15) is 5.01 Å². The Morgan fingerprint density at radius 2 is 2.16 bits per heavy atom. The molecule has 0 unspecified atom stereocenters. The highest BCUT2D eigenvalue weighted by Gasteiger charge is 2.14. The fourth-order valence-corrected chi connectivity index (χ4v) is 3.11. The third-order valence-electron chi connectivity index (χ3n) is 2.63. The van der Waals surface area contributed by atoms with Crippen LogP contribution in [0.3, 0.4) is 0 Å². The summed E-state index contributed by atoms with van der Waals surface area (Å²) in [5, 5.41) is 7.24. The summed E-state index contributed by atoms with van der Waals surface area (Å²) < 4.78 is 5.34. The second kappa shape index (κ2) is 6.57. The van der Waals surface area contributed by atoms with Gasteiger partial charge in [-0.25, -0.2) is 4.98 Å². The van der Waals surface area contributed by atoms with E-state index in [1.54, 1.807) is 24.5 Å². The molecule has 0 saturated carbocycles. The van der Waals surface area contributed by atoms with E-state index in [1.807, 2.05) is 18.5 Å². The molecule has 1 N–H and O–H groups in total. The first-order valence-corrected chi connectivity index (χ1v) is 7.41. The van der Waals surface area contributed by atoms with Crippen LogP contribution in [0.15, 0.2) is 17.5 Å². The molecular weight excluding hydrogens is 303 g/mol. The fraction of sp³-hybridized carbons (Fsp3) is 0.308. The quantitative estimate of drug-likeness (QED) is 0.908. The van der Waals surface area contributed by atoms with Crippen LogP contribution in [0, 0.1) is 0 Å². The first-order valence-electron chi connectivity index (χ1n) is 5.78. The SMILES string of the molecule is CNCCc1nc(-c2cc(Cl)cc(Cl)c2OC)cs1. The van der Waals surface area contributed by atoms with Gasteiger partial charge in [0.2, 0.25) is 0 Å². The lowest BCUT2D eigenvalue weighted by atomic mass is 10.1. The minimum Gasteiger partial charge on any atom is -0.494 e. The average molecular weight is 317 g/mol. The third-order valence-corrected chi connectivity index (χ3v) is 4.04. The van der Waals surface area contributed by atoms with Crippen LogP contribution in [0.25, 0.3) is 11.3 Å². The number of hydrogen-bond acceptors (Lipinski definition) is 4. The van der Waals surface area contributed by atoms with Gasteiger partial charge in [0, 0.05) is 28.9 Å². The number of nitrogens with zero attached hydrogens (tertiary/aromatic N) is 1. The zero-order valence-electron chi connectivity index (χ0n) is 10.7. The smallest absolute Gasteiger partial charge is 0.146 e. The van der Waals surface area contributed by atoms with Gasteiger partial charge in [-0.05, 0) is 19.2 Å². The van der Waals surface area contributed by atoms with Gasteiger partial charge in [-0.2, -0.15) is 0 Å². The van der Waals surface area contributed by atoms with Crippen LogP contribution in [0.2, 0.25) is 10.0 Å². The Balaban J connectivity index is 2.38. The molecule has 0 saturated heterocycles. The molecule has 0 radical (unpaired) electrons. The summed E-state index contributed by atoms with van der Waals surface area (Å²) >= 11 is 13.8. The molecule has 1 heterocycles. The van der Waals surface area contributed by atoms with Gasteiger partial charge in [0.1, 0.15) is 5.75 Å². The Bertz CT molecular complexity index is 572. The van der Waals surface area contributed by atoms with Gasteiger partial charge in [-0.1, -0.05) is 23.2 Å². The highest BCUT2D eigenvalue weighted by atomic mass is 35.5. The van der Waals surface area contributed by atoms with Crippen molar-refractivity contribution in [2.75, 3.05) is 20.7 Å². The normalized spacial score (nSPS) is 10.7. The standard InChI is InChI=1S/C13H14Cl2N2OS/c1-16-4-3-12-17-11(7-19-12)9-5-8(14)6-10(15)13(9)18-2/h5-7,16H,3-4H2,1-2H3. The Morgan fingerprint density at radius 1 is 1.37 bits per heavy atom. The van der Waals surface area contributed by atoms with Crippen LogP contribution >= 0.6 is 34.5 Å². The van der Waals surface area contributed by atoms with E-state index in [1.165, 1.54) is 0 Å². The molecule has 0 aliphatic heterocycles. The van der Waals surface area contributed by atoms with Crippen LogP contribution in [0.5, 0.6) is 5.75 Å². The van der Waals surface area contributed by atoms with Gasteiger partial charge < -0.3 is 10.1 Å². The maximum atomic E-state index is 6.13. The lowest BCUT2D eigenvalue weighted by molar-refractivity contribution is 0.416. The van der Waals surface area contributed by atoms with Crippen molar-refractivity contribution in [3.63, 3.8) is 0 Å². The number of methoxy groups -OCH3 is 1. The van der Waals surface area contributed by atoms with Gasteiger partial charge in [0.05, 0.1) is 22.8 Å². The molecule has 19 heavy (non-hydrogen) atoms. The zero-order chi connectivity index (χ0) is 13.8. The summed E-state index contributed by atoms with van der Waals surface area (Å²) in [7, 11) is 3.52. The largest absolute Gasteiger partial charge is 0.494 e. The molecule has 2 aromatic rings. The molecule has 0 amide bonds. The monoisotopic (exact) mass is 316 g/mol. The number of aromatic nitrogens is 1. The van der Waals surface area contributed by atoms with Gasteiger partial charge in [0.15, 0.2) is 0 Å². The van der Waals surface area contributed by atoms with Crippen LogP contribution in [0.4, 0.5) is 0 Å². The van der Waals surface area contributed by atoms with E-state index in [-0.39, 0.29) is 0 Å². The van der Waals surface area contributed by atoms with Gasteiger partial charge >= 0.3 is 0 Å². The van der Waals surface area contributed by atoms with Gasteiger partial charge in [0.25, 0.3) is 0 Å². The number of ether oxygens (including phenoxy) is 1. The number of benzene rings is 1. The summed E-state index contributed by atoms with van der Waals surface area (Å²) in [6.07, 6.45) is 0.901. The van der Waals surface area contributed by atoms with E-state index in [4.69, 9.17) is 27.9 Å². The summed E-state index contributed by atoms with van der Waals surface area (Å²) in [6.45, 7) is 0.903. The second-order valence-corrected chi connectivity index (χ2v) is 5.73. The minimum absolute atomic E-state index is 0.495. The topological polar surface area (TPSA) is 34.2 Å². The van der Waals surface area contributed by atoms with Crippen LogP contribution in [-0.2, 0) is 6.42 Å². The number of nitrogens with one attached hydrogen (secondary N) is 1. The number of rotatable bonds is 5. The third kappa shape index (κ3) is 3.39. The van der Waals surface area contributed by atoms with Crippen molar-refractivity contribution in [3.05, 3.63) is 32.6 Å². The first kappa shape index (κ1) is 14.6. The van der Waals surface area contributed by atoms with Gasteiger partial charge in [-0.15, -0.1) is 11.3 Å². The average Bonchev–Trinajstić information content (AvgIpc) is 2.84. The highest BCUT2D eigenvalue weighted by molar-refractivity contribution is 7.09. The van der Waals surface area contributed by atoms with Crippen molar-refractivity contribution in [1.29, 1.82) is 0 Å². The number of likely N-dealkylation sites (N-methyl/N-ethyl adjacent to an activating group) is 1. The predicted octanol–water partition coefficient (Wildman–Crippen LogP) is 3.89. The molecule has 0 spiro atoms. The lowest BCUT2D eigenvalue weighted by Crippen LogP contribution is -2.09. The van der Waals surface area contributed by atoms with Crippen molar-refractivity contribution < 1.29 is 4.74 Å². The summed E-state index contributed by atoms with van der Waals surface area (Å²) in [6, 6.07) is 3.49. The summed E-state index contributed by atoms with van der Waals surface area (Å²) in [5.74, 6) is 0.608. The van der Waals surface area contributed by atoms with E-state index in [9.17, 15) is 0 Å². The molecule has 1 aromatic carbocycles. The highest BCUT2D eigenvalue weighted by Crippen LogP contribution is 2.39. The summed E-state index contributed by atoms with van der Waals surface area (Å²) in [4.78, 5) is 4.59. The lowest BCUT2D eigenvalue weighted by Gasteiger charge is -2.09. The molecule has 0 aliphatic carbocycles. The fourth-order valence-electron chi connectivity index (χ4n) is 1.74. The van der Waals surface area contributed by atoms with E-state index in [0.29, 0.717) is 15.8 Å². The van der Waals surface area contributed by atoms with Crippen molar-refractivity contribution in [2.45, 2.75) is 6.42 Å². The number of thiazole rings is 1. The Hall–Kier alpha value is -0.810. The molecule has 1 aromatic heterocycles. The molecule has 102 valence electrons. The molecule has 6 heteroatoms. The number of hydrogen-bond donors (Lipinski definition) is 1. The minimum atomic E-state index is 0.495. The maximum absolute atomic E-state index is 6.13. The second-order valence-electron chi connectivity index (χ2n) is 3.95. The molecule has 2 rings (SSSR count). The molecular formula is C13H14Cl2N2OS. The molecule has 0 fully saturated rings. The van der Waals surface area contributed by atoms with Crippen LogP contribution in [-0.4, -0.2) is 25.7 Å². The molecule has 3 nitrogen and oxygen atoms in total. The molecule has 0 aliphatic rings. The van der Waals surface area contributed by atoms with Crippen molar-refractivity contribution in [3.8, 4) is 17.0 Å². The van der Waals surface area contributed by atoms with E-state index < -0.39 is 0 Å². The van der Waals surface area contributed by atoms with Gasteiger partial charge in [-0.3, -0.25) is 0 Å². The van der Waals surface area contributed by atoms with Crippen LogP contribution < -0.4 is 10.1 Å². The van der Waals surface area contributed by atoms with Crippen molar-refractivity contribution in [2.24, 2.45) is 0 Å². The van der Waals surface area contributed by atoms with E-state index in [0.717, 1.165) is 29.2 Å². The first-order chi connectivity index (χ1) is 9.15. The molecule has 0 bridgehead atoms. The van der Waals surface area contributed by atoms with Crippen molar-refractivity contribution in [1.82, 2.24) is 10.3 Å². The Morgan fingerprint density at radius 3 is 2.84 bits per heavy atom. The Labute approximate surface area is 126 Å². The maximum Gasteiger partial charge on any atom is 0.146 e. The molecule has 0 atom stereocenters.